The molecule has 0 N–H and O–H groups in total. The average Bonchev–Trinajstić information content (AvgIpc) is 2.87. The maximum absolute atomic E-state index is 12.8. The number of likely N-dealkylation sites (tertiary alicyclic amines) is 1. The molecule has 2 bridgehead atoms. The van der Waals surface area contributed by atoms with Crippen LogP contribution in [0.15, 0.2) is 30.3 Å². The fraction of sp³-hybridized carbons (Fsp3) is 0.619. The monoisotopic (exact) mass is 355 g/mol. The van der Waals surface area contributed by atoms with E-state index in [4.69, 9.17) is 0 Å². The Labute approximate surface area is 155 Å². The first-order chi connectivity index (χ1) is 12.7. The van der Waals surface area contributed by atoms with Gasteiger partial charge in [0.05, 0.1) is 0 Å². The van der Waals surface area contributed by atoms with Crippen molar-refractivity contribution in [3.8, 4) is 0 Å². The summed E-state index contributed by atoms with van der Waals surface area (Å²) >= 11 is 0. The van der Waals surface area contributed by atoms with Crippen LogP contribution >= 0.6 is 0 Å². The second-order valence-corrected chi connectivity index (χ2v) is 8.06. The molecular weight excluding hydrogens is 326 g/mol. The van der Waals surface area contributed by atoms with E-state index in [9.17, 15) is 9.59 Å². The zero-order valence-corrected chi connectivity index (χ0v) is 15.5. The summed E-state index contributed by atoms with van der Waals surface area (Å²) in [6.45, 7) is 5.34. The zero-order valence-electron chi connectivity index (χ0n) is 15.5. The van der Waals surface area contributed by atoms with E-state index in [1.165, 1.54) is 12.0 Å². The number of fused-ring (bicyclic) bond motifs is 4. The molecule has 26 heavy (non-hydrogen) atoms. The Bertz CT molecular complexity index is 648. The van der Waals surface area contributed by atoms with Gasteiger partial charge in [-0.3, -0.25) is 14.5 Å². The molecule has 2 amide bonds. The molecule has 2 atom stereocenters. The summed E-state index contributed by atoms with van der Waals surface area (Å²) in [6.07, 6.45) is 4.41. The molecule has 4 saturated heterocycles. The van der Waals surface area contributed by atoms with E-state index in [2.05, 4.69) is 40.1 Å². The van der Waals surface area contributed by atoms with Crippen molar-refractivity contribution >= 4 is 11.8 Å². The molecule has 4 fully saturated rings. The van der Waals surface area contributed by atoms with E-state index in [1.807, 2.05) is 4.90 Å². The van der Waals surface area contributed by atoms with Gasteiger partial charge in [0.15, 0.2) is 0 Å². The smallest absolute Gasteiger partial charge is 0.224 e. The third kappa shape index (κ3) is 3.93. The van der Waals surface area contributed by atoms with Crippen LogP contribution in [0.5, 0.6) is 0 Å². The minimum absolute atomic E-state index is 0.212. The van der Waals surface area contributed by atoms with Gasteiger partial charge in [0, 0.05) is 58.2 Å². The summed E-state index contributed by atoms with van der Waals surface area (Å²) in [5.41, 5.74) is 1.35. The first-order valence-electron chi connectivity index (χ1n) is 10.0. The summed E-state index contributed by atoms with van der Waals surface area (Å²) in [6, 6.07) is 10.9. The van der Waals surface area contributed by atoms with E-state index in [-0.39, 0.29) is 11.8 Å². The highest BCUT2D eigenvalue weighted by atomic mass is 16.2. The average molecular weight is 355 g/mol. The van der Waals surface area contributed by atoms with Gasteiger partial charge in [0.25, 0.3) is 0 Å². The quantitative estimate of drug-likeness (QED) is 0.813. The van der Waals surface area contributed by atoms with Gasteiger partial charge in [-0.25, -0.2) is 0 Å². The highest BCUT2D eigenvalue weighted by Crippen LogP contribution is 2.29. The minimum atomic E-state index is 0.212. The van der Waals surface area contributed by atoms with Gasteiger partial charge in [-0.1, -0.05) is 30.3 Å². The Morgan fingerprint density at radius 1 is 1.08 bits per heavy atom. The van der Waals surface area contributed by atoms with Gasteiger partial charge in [-0.15, -0.1) is 0 Å². The van der Waals surface area contributed by atoms with Crippen LogP contribution in [0.1, 0.15) is 37.7 Å². The van der Waals surface area contributed by atoms with E-state index in [1.54, 1.807) is 0 Å². The van der Waals surface area contributed by atoms with Crippen LogP contribution in [-0.4, -0.2) is 65.3 Å². The number of carbonyl (C=O) groups is 2. The predicted octanol–water partition coefficient (Wildman–Crippen LogP) is 2.12. The number of carbonyl (C=O) groups excluding carboxylic acids is 2. The van der Waals surface area contributed by atoms with Gasteiger partial charge in [-0.05, 0) is 30.7 Å². The van der Waals surface area contributed by atoms with E-state index in [0.29, 0.717) is 31.3 Å². The van der Waals surface area contributed by atoms with Crippen LogP contribution in [0.2, 0.25) is 0 Å². The van der Waals surface area contributed by atoms with Gasteiger partial charge >= 0.3 is 0 Å². The molecule has 0 aliphatic carbocycles. The van der Waals surface area contributed by atoms with Crippen molar-refractivity contribution in [2.24, 2.45) is 5.92 Å². The van der Waals surface area contributed by atoms with Crippen LogP contribution < -0.4 is 0 Å². The molecule has 0 spiro atoms. The number of piperidine rings is 1. The SMILES string of the molecule is O=C1CCCN1CCC(=O)N1C[C@H]2CC[C@@H]1CN(Cc1ccccc1)C2. The highest BCUT2D eigenvalue weighted by molar-refractivity contribution is 5.80. The topological polar surface area (TPSA) is 43.9 Å². The molecule has 5 nitrogen and oxygen atoms in total. The lowest BCUT2D eigenvalue weighted by Crippen LogP contribution is -2.48. The maximum Gasteiger partial charge on any atom is 0.224 e. The Morgan fingerprint density at radius 3 is 2.69 bits per heavy atom. The fourth-order valence-corrected chi connectivity index (χ4v) is 4.77. The number of nitrogens with zero attached hydrogens (tertiary/aromatic N) is 3. The second kappa shape index (κ2) is 7.78. The van der Waals surface area contributed by atoms with E-state index >= 15 is 0 Å². The van der Waals surface area contributed by atoms with E-state index < -0.39 is 0 Å². The van der Waals surface area contributed by atoms with Crippen LogP contribution in [0.3, 0.4) is 0 Å². The Hall–Kier alpha value is -1.88. The molecule has 0 radical (unpaired) electrons. The third-order valence-electron chi connectivity index (χ3n) is 6.13. The normalized spacial score (nSPS) is 26.4. The molecule has 4 aliphatic rings. The first kappa shape index (κ1) is 17.5. The molecule has 5 rings (SSSR count). The highest BCUT2D eigenvalue weighted by Gasteiger charge is 2.37. The maximum atomic E-state index is 12.8. The number of hydrogen-bond acceptors (Lipinski definition) is 3. The molecule has 1 aromatic carbocycles. The van der Waals surface area contributed by atoms with Crippen LogP contribution in [0.4, 0.5) is 0 Å². The van der Waals surface area contributed by atoms with Gasteiger partial charge in [-0.2, -0.15) is 0 Å². The standard InChI is InChI=1S/C21H29N3O2/c25-20-7-4-11-23(20)12-10-21(26)24-15-18-8-9-19(24)16-22(14-18)13-17-5-2-1-3-6-17/h1-3,5-6,18-19H,4,7-16H2/t18-,19+/m0/s1. The molecule has 4 aliphatic heterocycles. The number of benzene rings is 1. The van der Waals surface area contributed by atoms with Crippen molar-refractivity contribution in [2.75, 3.05) is 32.7 Å². The summed E-state index contributed by atoms with van der Waals surface area (Å²) in [7, 11) is 0. The number of hydrogen-bond donors (Lipinski definition) is 0. The predicted molar refractivity (Wildman–Crippen MR) is 100 cm³/mol. The van der Waals surface area contributed by atoms with Crippen molar-refractivity contribution < 1.29 is 9.59 Å². The van der Waals surface area contributed by atoms with Crippen molar-refractivity contribution in [3.63, 3.8) is 0 Å². The summed E-state index contributed by atoms with van der Waals surface area (Å²) in [4.78, 5) is 31.1. The van der Waals surface area contributed by atoms with Crippen LogP contribution in [0.25, 0.3) is 0 Å². The lowest BCUT2D eigenvalue weighted by molar-refractivity contribution is -0.136. The molecule has 140 valence electrons. The van der Waals surface area contributed by atoms with Crippen molar-refractivity contribution in [1.29, 1.82) is 0 Å². The molecule has 0 saturated carbocycles. The summed E-state index contributed by atoms with van der Waals surface area (Å²) in [5, 5.41) is 0. The molecule has 1 aromatic rings. The largest absolute Gasteiger partial charge is 0.342 e. The first-order valence-corrected chi connectivity index (χ1v) is 10.0. The Balaban J connectivity index is 1.35. The van der Waals surface area contributed by atoms with Crippen molar-refractivity contribution in [3.05, 3.63) is 35.9 Å². The lowest BCUT2D eigenvalue weighted by atomic mass is 9.94. The lowest BCUT2D eigenvalue weighted by Gasteiger charge is -2.36. The number of amides is 2. The third-order valence-corrected chi connectivity index (χ3v) is 6.13. The van der Waals surface area contributed by atoms with Gasteiger partial charge in [0.1, 0.15) is 0 Å². The fourth-order valence-electron chi connectivity index (χ4n) is 4.77. The number of rotatable bonds is 5. The van der Waals surface area contributed by atoms with Crippen molar-refractivity contribution in [2.45, 2.75) is 44.7 Å². The second-order valence-electron chi connectivity index (χ2n) is 8.06. The Kier molecular flexibility index (Phi) is 5.25. The molecule has 4 heterocycles. The van der Waals surface area contributed by atoms with E-state index in [0.717, 1.165) is 45.6 Å². The zero-order chi connectivity index (χ0) is 17.9. The minimum Gasteiger partial charge on any atom is -0.342 e. The molecule has 0 unspecified atom stereocenters. The molecule has 5 heteroatoms. The van der Waals surface area contributed by atoms with Gasteiger partial charge < -0.3 is 9.80 Å². The van der Waals surface area contributed by atoms with Crippen LogP contribution in [-0.2, 0) is 16.1 Å². The Morgan fingerprint density at radius 2 is 1.92 bits per heavy atom. The van der Waals surface area contributed by atoms with Crippen LogP contribution in [0, 0.1) is 5.92 Å². The van der Waals surface area contributed by atoms with Gasteiger partial charge in [0.2, 0.25) is 11.8 Å². The molecular formula is C21H29N3O2. The molecule has 0 aromatic heterocycles. The summed E-state index contributed by atoms with van der Waals surface area (Å²) in [5.74, 6) is 1.03. The summed E-state index contributed by atoms with van der Waals surface area (Å²) < 4.78 is 0. The van der Waals surface area contributed by atoms with Crippen molar-refractivity contribution in [1.82, 2.24) is 14.7 Å².